The zero-order valence-electron chi connectivity index (χ0n) is 15.4. The molecule has 2 aromatic carbocycles. The van der Waals surface area contributed by atoms with Gasteiger partial charge in [-0.2, -0.15) is 0 Å². The number of benzene rings is 2. The summed E-state index contributed by atoms with van der Waals surface area (Å²) in [5.41, 5.74) is 0.478. The lowest BCUT2D eigenvalue weighted by Gasteiger charge is -2.12. The van der Waals surface area contributed by atoms with Gasteiger partial charge in [-0.1, -0.05) is 15.9 Å². The molecular weight excluding hydrogens is 528 g/mol. The second kappa shape index (κ2) is 10.0. The molecule has 1 unspecified atom stereocenters. The van der Waals surface area contributed by atoms with E-state index in [-0.39, 0.29) is 30.1 Å². The van der Waals surface area contributed by atoms with Gasteiger partial charge in [-0.3, -0.25) is 4.79 Å². The Balaban J connectivity index is 1.51. The molecule has 7 nitrogen and oxygen atoms in total. The molecule has 0 aliphatic carbocycles. The van der Waals surface area contributed by atoms with Crippen molar-refractivity contribution in [3.63, 3.8) is 0 Å². The van der Waals surface area contributed by atoms with Gasteiger partial charge < -0.3 is 14.8 Å². The zero-order valence-corrected chi connectivity index (χ0v) is 19.3. The Bertz CT molecular complexity index is 961. The molecular formula is C19H20Br2N2O5S. The van der Waals surface area contributed by atoms with Crippen LogP contribution in [-0.2, 0) is 19.6 Å². The van der Waals surface area contributed by atoms with Crippen LogP contribution in [0.3, 0.4) is 0 Å². The number of amides is 1. The van der Waals surface area contributed by atoms with Crippen LogP contribution in [0.4, 0.5) is 5.69 Å². The van der Waals surface area contributed by atoms with Crippen LogP contribution in [0.5, 0.6) is 5.75 Å². The molecule has 0 spiro atoms. The highest BCUT2D eigenvalue weighted by Gasteiger charge is 2.20. The second-order valence-corrected chi connectivity index (χ2v) is 9.96. The molecule has 2 aromatic rings. The zero-order chi connectivity index (χ0) is 20.9. The number of hydrogen-bond donors (Lipinski definition) is 2. The van der Waals surface area contributed by atoms with Crippen LogP contribution in [-0.4, -0.2) is 40.2 Å². The first-order valence-electron chi connectivity index (χ1n) is 8.92. The van der Waals surface area contributed by atoms with Crippen LogP contribution in [0.2, 0.25) is 0 Å². The molecule has 0 aromatic heterocycles. The van der Waals surface area contributed by atoms with Crippen LogP contribution < -0.4 is 14.8 Å². The number of halogens is 2. The third-order valence-corrected chi connectivity index (χ3v) is 6.78. The van der Waals surface area contributed by atoms with Gasteiger partial charge in [-0.05, 0) is 71.2 Å². The third-order valence-electron chi connectivity index (χ3n) is 4.23. The van der Waals surface area contributed by atoms with Crippen molar-refractivity contribution >= 4 is 53.5 Å². The van der Waals surface area contributed by atoms with Gasteiger partial charge in [0.2, 0.25) is 10.0 Å². The van der Waals surface area contributed by atoms with E-state index < -0.39 is 10.0 Å². The Hall–Kier alpha value is -1.46. The van der Waals surface area contributed by atoms with Gasteiger partial charge in [0.15, 0.2) is 6.61 Å². The van der Waals surface area contributed by atoms with Crippen molar-refractivity contribution in [1.29, 1.82) is 0 Å². The van der Waals surface area contributed by atoms with Crippen molar-refractivity contribution in [1.82, 2.24) is 4.72 Å². The number of carbonyl (C=O) groups is 1. The molecule has 1 aliphatic heterocycles. The predicted octanol–water partition coefficient (Wildman–Crippen LogP) is 3.69. The highest BCUT2D eigenvalue weighted by Crippen LogP contribution is 2.28. The van der Waals surface area contributed by atoms with Crippen molar-refractivity contribution in [3.05, 3.63) is 51.4 Å². The van der Waals surface area contributed by atoms with E-state index in [4.69, 9.17) is 9.47 Å². The number of hydrogen-bond acceptors (Lipinski definition) is 5. The molecule has 1 atom stereocenters. The fraction of sp³-hybridized carbons (Fsp3) is 0.316. The molecule has 0 bridgehead atoms. The quantitative estimate of drug-likeness (QED) is 0.525. The van der Waals surface area contributed by atoms with Crippen LogP contribution in [0.15, 0.2) is 56.3 Å². The monoisotopic (exact) mass is 546 g/mol. The van der Waals surface area contributed by atoms with E-state index in [0.717, 1.165) is 21.8 Å². The molecule has 1 heterocycles. The first-order valence-corrected chi connectivity index (χ1v) is 12.0. The molecule has 1 amide bonds. The van der Waals surface area contributed by atoms with E-state index in [9.17, 15) is 13.2 Å². The highest BCUT2D eigenvalue weighted by atomic mass is 79.9. The molecule has 0 radical (unpaired) electrons. The van der Waals surface area contributed by atoms with Crippen LogP contribution in [0, 0.1) is 0 Å². The Kier molecular flexibility index (Phi) is 7.69. The summed E-state index contributed by atoms with van der Waals surface area (Å²) in [7, 11) is -3.62. The largest absolute Gasteiger partial charge is 0.483 e. The first kappa shape index (κ1) is 22.2. The first-order chi connectivity index (χ1) is 13.8. The molecule has 1 fully saturated rings. The maximum absolute atomic E-state index is 12.4. The predicted molar refractivity (Wildman–Crippen MR) is 117 cm³/mol. The van der Waals surface area contributed by atoms with Gasteiger partial charge in [0, 0.05) is 23.3 Å². The van der Waals surface area contributed by atoms with Crippen molar-refractivity contribution in [2.75, 3.05) is 25.1 Å². The maximum atomic E-state index is 12.4. The number of nitrogens with one attached hydrogen (secondary N) is 2. The summed E-state index contributed by atoms with van der Waals surface area (Å²) in [5, 5.41) is 2.67. The van der Waals surface area contributed by atoms with Gasteiger partial charge in [0.25, 0.3) is 5.91 Å². The summed E-state index contributed by atoms with van der Waals surface area (Å²) in [6.45, 7) is 0.746. The second-order valence-electron chi connectivity index (χ2n) is 6.42. The minimum absolute atomic E-state index is 0.0749. The Morgan fingerprint density at radius 2 is 1.93 bits per heavy atom. The molecule has 29 heavy (non-hydrogen) atoms. The summed E-state index contributed by atoms with van der Waals surface area (Å²) in [6, 6.07) is 11.3. The number of anilines is 1. The lowest BCUT2D eigenvalue weighted by molar-refractivity contribution is -0.118. The van der Waals surface area contributed by atoms with Crippen molar-refractivity contribution in [2.45, 2.75) is 23.8 Å². The smallest absolute Gasteiger partial charge is 0.262 e. The normalized spacial score (nSPS) is 16.6. The standard InChI is InChI=1S/C19H20Br2N2O5S/c20-13-3-8-18(17(21)10-13)28-12-19(24)23-14-4-6-16(7-5-14)29(25,26)22-11-15-2-1-9-27-15/h3-8,10,15,22H,1-2,9,11-12H2,(H,23,24). The summed E-state index contributed by atoms with van der Waals surface area (Å²) in [4.78, 5) is 12.2. The number of ether oxygens (including phenoxy) is 2. The molecule has 1 saturated heterocycles. The van der Waals surface area contributed by atoms with Crippen LogP contribution in [0.25, 0.3) is 0 Å². The molecule has 0 saturated carbocycles. The Morgan fingerprint density at radius 3 is 2.59 bits per heavy atom. The minimum Gasteiger partial charge on any atom is -0.483 e. The van der Waals surface area contributed by atoms with Gasteiger partial charge in [-0.15, -0.1) is 0 Å². The number of sulfonamides is 1. The average Bonchev–Trinajstić information content (AvgIpc) is 3.20. The number of rotatable bonds is 8. The van der Waals surface area contributed by atoms with Gasteiger partial charge in [0.05, 0.1) is 15.5 Å². The SMILES string of the molecule is O=C(COc1ccc(Br)cc1Br)Nc1ccc(S(=O)(=O)NCC2CCCO2)cc1. The van der Waals surface area contributed by atoms with E-state index in [0.29, 0.717) is 18.0 Å². The maximum Gasteiger partial charge on any atom is 0.262 e. The molecule has 1 aliphatic rings. The van der Waals surface area contributed by atoms with Crippen molar-refractivity contribution in [2.24, 2.45) is 0 Å². The van der Waals surface area contributed by atoms with E-state index >= 15 is 0 Å². The summed E-state index contributed by atoms with van der Waals surface area (Å²) >= 11 is 6.72. The van der Waals surface area contributed by atoms with Gasteiger partial charge in [-0.25, -0.2) is 13.1 Å². The molecule has 10 heteroatoms. The van der Waals surface area contributed by atoms with E-state index in [1.165, 1.54) is 24.3 Å². The topological polar surface area (TPSA) is 93.7 Å². The van der Waals surface area contributed by atoms with Gasteiger partial charge in [0.1, 0.15) is 5.75 Å². The fourth-order valence-electron chi connectivity index (χ4n) is 2.74. The summed E-state index contributed by atoms with van der Waals surface area (Å²) in [6.07, 6.45) is 1.73. The van der Waals surface area contributed by atoms with Crippen LogP contribution in [0.1, 0.15) is 12.8 Å². The van der Waals surface area contributed by atoms with E-state index in [1.54, 1.807) is 6.07 Å². The van der Waals surface area contributed by atoms with Gasteiger partial charge >= 0.3 is 0 Å². The third kappa shape index (κ3) is 6.51. The van der Waals surface area contributed by atoms with Crippen molar-refractivity contribution < 1.29 is 22.7 Å². The molecule has 2 N–H and O–H groups in total. The lowest BCUT2D eigenvalue weighted by atomic mass is 10.2. The summed E-state index contributed by atoms with van der Waals surface area (Å²) < 4.78 is 39.8. The van der Waals surface area contributed by atoms with Crippen molar-refractivity contribution in [3.8, 4) is 5.75 Å². The molecule has 156 valence electrons. The Morgan fingerprint density at radius 1 is 1.17 bits per heavy atom. The number of carbonyl (C=O) groups excluding carboxylic acids is 1. The van der Waals surface area contributed by atoms with Crippen LogP contribution >= 0.6 is 31.9 Å². The molecule has 3 rings (SSSR count). The summed E-state index contributed by atoms with van der Waals surface area (Å²) in [5.74, 6) is 0.189. The Labute approximate surface area is 186 Å². The minimum atomic E-state index is -3.62. The lowest BCUT2D eigenvalue weighted by Crippen LogP contribution is -2.31. The highest BCUT2D eigenvalue weighted by molar-refractivity contribution is 9.11. The van der Waals surface area contributed by atoms with E-state index in [1.807, 2.05) is 12.1 Å². The van der Waals surface area contributed by atoms with E-state index in [2.05, 4.69) is 41.9 Å². The average molecular weight is 548 g/mol. The fourth-order valence-corrected chi connectivity index (χ4v) is 4.97.